The van der Waals surface area contributed by atoms with Crippen LogP contribution in [-0.4, -0.2) is 71.7 Å². The smallest absolute Gasteiger partial charge is 0.490 e. The second-order valence-electron chi connectivity index (χ2n) is 10.4. The SMILES string of the molecule is NCCCOc1cc(=O)oc2ccc(Cl)cc12.O=C(NCCCOc1cc(=O)oc2ccc(Cl)cc12)c1ccncc1.O=C(O)C(F)(F)F.O=C(O)C(F)(F)F. The standard InChI is InChI=1S/C18H15ClN2O4.C12H12ClNO3.2C2HF3O2/c19-13-2-3-15-14(10-13)16(11-17(22)25-15)24-9-1-6-21-18(23)12-4-7-20-8-5-12;13-8-2-3-10-9(6-8)11(7-12(15)17-10)16-5-1-4-14;2*3-2(4,5)1(6)7/h2-5,7-8,10-11H,1,6,9H2,(H,21,23);2-3,6-7H,1,4-5,14H2;2*(H,6,7). The number of carbonyl (C=O) groups excluding carboxylic acids is 1. The number of carboxylic acid groups (broad SMARTS) is 2. The Morgan fingerprint density at radius 2 is 1.12 bits per heavy atom. The number of ether oxygens (including phenoxy) is 2. The number of halogens is 8. The van der Waals surface area contributed by atoms with Crippen molar-refractivity contribution in [2.45, 2.75) is 25.2 Å². The number of hydrogen-bond donors (Lipinski definition) is 4. The summed E-state index contributed by atoms with van der Waals surface area (Å²) in [6, 6.07) is 15.9. The number of alkyl halides is 6. The van der Waals surface area contributed by atoms with Crippen LogP contribution in [0.5, 0.6) is 11.5 Å². The van der Waals surface area contributed by atoms with Gasteiger partial charge >= 0.3 is 35.5 Å². The Labute approximate surface area is 320 Å². The zero-order valence-electron chi connectivity index (χ0n) is 28.3. The molecular weight excluding hydrogens is 811 g/mol. The fourth-order valence-electron chi connectivity index (χ4n) is 3.78. The quantitative estimate of drug-likeness (QED) is 0.0673. The van der Waals surface area contributed by atoms with Gasteiger partial charge in [-0.3, -0.25) is 9.78 Å². The van der Waals surface area contributed by atoms with Crippen molar-refractivity contribution in [1.29, 1.82) is 0 Å². The molecule has 0 saturated heterocycles. The number of aromatic nitrogens is 1. The summed E-state index contributed by atoms with van der Waals surface area (Å²) in [7, 11) is 0. The van der Waals surface area contributed by atoms with Crippen LogP contribution < -0.4 is 31.8 Å². The average molecular weight is 841 g/mol. The monoisotopic (exact) mass is 839 g/mol. The van der Waals surface area contributed by atoms with Crippen LogP contribution in [0.4, 0.5) is 26.3 Å². The van der Waals surface area contributed by atoms with Crippen molar-refractivity contribution in [3.05, 3.63) is 110 Å². The van der Waals surface area contributed by atoms with Gasteiger partial charge in [0.2, 0.25) is 0 Å². The van der Waals surface area contributed by atoms with E-state index in [1.807, 2.05) is 0 Å². The van der Waals surface area contributed by atoms with E-state index in [-0.39, 0.29) is 5.91 Å². The maximum Gasteiger partial charge on any atom is 0.490 e. The average Bonchev–Trinajstić information content (AvgIpc) is 3.12. The molecule has 3 heterocycles. The van der Waals surface area contributed by atoms with E-state index in [1.165, 1.54) is 12.1 Å². The van der Waals surface area contributed by atoms with Gasteiger partial charge in [0, 0.05) is 34.5 Å². The number of aliphatic carboxylic acids is 2. The van der Waals surface area contributed by atoms with Crippen LogP contribution in [0.25, 0.3) is 21.9 Å². The second-order valence-corrected chi connectivity index (χ2v) is 11.3. The summed E-state index contributed by atoms with van der Waals surface area (Å²) >= 11 is 11.9. The van der Waals surface area contributed by atoms with Crippen molar-refractivity contribution >= 4 is 63.0 Å². The van der Waals surface area contributed by atoms with Crippen molar-refractivity contribution in [3.8, 4) is 11.5 Å². The van der Waals surface area contributed by atoms with E-state index in [0.29, 0.717) is 81.8 Å². The summed E-state index contributed by atoms with van der Waals surface area (Å²) < 4.78 is 84.8. The fourth-order valence-corrected chi connectivity index (χ4v) is 4.12. The number of rotatable bonds is 10. The summed E-state index contributed by atoms with van der Waals surface area (Å²) in [6.45, 7) is 1.78. The maximum atomic E-state index is 11.9. The van der Waals surface area contributed by atoms with Crippen molar-refractivity contribution in [2.75, 3.05) is 26.3 Å². The minimum Gasteiger partial charge on any atom is -0.492 e. The molecule has 0 spiro atoms. The number of amides is 1. The van der Waals surface area contributed by atoms with Gasteiger partial charge < -0.3 is 39.6 Å². The maximum absolute atomic E-state index is 11.9. The molecule has 0 aliphatic rings. The van der Waals surface area contributed by atoms with Crippen LogP contribution in [0.1, 0.15) is 23.2 Å². The van der Waals surface area contributed by atoms with E-state index in [9.17, 15) is 40.7 Å². The summed E-state index contributed by atoms with van der Waals surface area (Å²) in [4.78, 5) is 56.4. The van der Waals surface area contributed by atoms with Gasteiger partial charge in [-0.15, -0.1) is 0 Å². The van der Waals surface area contributed by atoms with Gasteiger partial charge in [0.1, 0.15) is 22.7 Å². The third kappa shape index (κ3) is 16.2. The van der Waals surface area contributed by atoms with Gasteiger partial charge in [0.05, 0.1) is 36.1 Å². The number of benzene rings is 2. The Morgan fingerprint density at radius 3 is 1.52 bits per heavy atom. The molecule has 2 aromatic carbocycles. The Hall–Kier alpha value is -5.86. The van der Waals surface area contributed by atoms with Crippen molar-refractivity contribution in [1.82, 2.24) is 10.3 Å². The number of nitrogens with one attached hydrogen (secondary N) is 1. The molecule has 0 unspecified atom stereocenters. The molecule has 22 heteroatoms. The van der Waals surface area contributed by atoms with Crippen LogP contribution in [0, 0.1) is 0 Å². The minimum atomic E-state index is -5.08. The van der Waals surface area contributed by atoms with Crippen LogP contribution in [0.2, 0.25) is 10.0 Å². The molecule has 5 rings (SSSR count). The van der Waals surface area contributed by atoms with Crippen LogP contribution in [-0.2, 0) is 9.59 Å². The molecule has 5 N–H and O–H groups in total. The zero-order chi connectivity index (χ0) is 42.1. The number of carboxylic acids is 2. The number of pyridine rings is 1. The predicted octanol–water partition coefficient (Wildman–Crippen LogP) is 6.48. The van der Waals surface area contributed by atoms with Gasteiger partial charge in [-0.2, -0.15) is 26.3 Å². The van der Waals surface area contributed by atoms with E-state index in [0.717, 1.165) is 6.42 Å². The first kappa shape index (κ1) is 46.3. The molecule has 14 nitrogen and oxygen atoms in total. The van der Waals surface area contributed by atoms with Gasteiger partial charge in [-0.25, -0.2) is 19.2 Å². The third-order valence-corrected chi connectivity index (χ3v) is 6.70. The van der Waals surface area contributed by atoms with Gasteiger partial charge in [-0.05, 0) is 67.9 Å². The van der Waals surface area contributed by atoms with Crippen LogP contribution >= 0.6 is 23.2 Å². The zero-order valence-corrected chi connectivity index (χ0v) is 29.8. The Balaban J connectivity index is 0.000000300. The predicted molar refractivity (Wildman–Crippen MR) is 188 cm³/mol. The minimum absolute atomic E-state index is 0.167. The summed E-state index contributed by atoms with van der Waals surface area (Å²) in [5.74, 6) is -4.79. The van der Waals surface area contributed by atoms with Crippen molar-refractivity contribution in [2.24, 2.45) is 5.73 Å². The number of hydrogen-bond acceptors (Lipinski definition) is 11. The molecule has 302 valence electrons. The van der Waals surface area contributed by atoms with E-state index >= 15 is 0 Å². The lowest BCUT2D eigenvalue weighted by Gasteiger charge is -2.09. The first-order chi connectivity index (χ1) is 26.2. The highest BCUT2D eigenvalue weighted by molar-refractivity contribution is 6.31. The highest BCUT2D eigenvalue weighted by atomic mass is 35.5. The van der Waals surface area contributed by atoms with Gasteiger partial charge in [0.15, 0.2) is 0 Å². The Kier molecular flexibility index (Phi) is 18.1. The molecule has 0 aliphatic heterocycles. The van der Waals surface area contributed by atoms with Gasteiger partial charge in [-0.1, -0.05) is 23.2 Å². The lowest BCUT2D eigenvalue weighted by Crippen LogP contribution is -2.25. The molecule has 0 saturated carbocycles. The lowest BCUT2D eigenvalue weighted by molar-refractivity contribution is -0.193. The molecule has 0 atom stereocenters. The van der Waals surface area contributed by atoms with Crippen LogP contribution in [0.3, 0.4) is 0 Å². The number of nitrogens with zero attached hydrogens (tertiary/aromatic N) is 1. The summed E-state index contributed by atoms with van der Waals surface area (Å²) in [6.07, 6.45) is -5.73. The van der Waals surface area contributed by atoms with E-state index < -0.39 is 35.5 Å². The lowest BCUT2D eigenvalue weighted by atomic mass is 10.2. The molecule has 0 fully saturated rings. The second kappa shape index (κ2) is 21.9. The molecule has 0 radical (unpaired) electrons. The highest BCUT2D eigenvalue weighted by Gasteiger charge is 2.38. The molecule has 56 heavy (non-hydrogen) atoms. The normalized spacial score (nSPS) is 10.8. The largest absolute Gasteiger partial charge is 0.492 e. The highest BCUT2D eigenvalue weighted by Crippen LogP contribution is 2.28. The summed E-state index contributed by atoms with van der Waals surface area (Å²) in [5.41, 5.74) is 5.88. The fraction of sp³-hybridized carbons (Fsp3) is 0.235. The molecular formula is C34H29Cl2F6N3O11. The van der Waals surface area contributed by atoms with E-state index in [4.69, 9.17) is 67.0 Å². The molecule has 0 aliphatic carbocycles. The Morgan fingerprint density at radius 1 is 0.714 bits per heavy atom. The number of carbonyl (C=O) groups is 3. The molecule has 1 amide bonds. The van der Waals surface area contributed by atoms with Gasteiger partial charge in [0.25, 0.3) is 5.91 Å². The van der Waals surface area contributed by atoms with E-state index in [2.05, 4.69) is 10.3 Å². The molecule has 5 aromatic rings. The first-order valence-corrected chi connectivity index (χ1v) is 16.2. The molecule has 3 aromatic heterocycles. The third-order valence-electron chi connectivity index (χ3n) is 6.23. The first-order valence-electron chi connectivity index (χ1n) is 15.4. The number of fused-ring (bicyclic) bond motifs is 2. The van der Waals surface area contributed by atoms with Crippen molar-refractivity contribution < 1.29 is 69.2 Å². The van der Waals surface area contributed by atoms with Crippen molar-refractivity contribution in [3.63, 3.8) is 0 Å². The molecule has 0 bridgehead atoms. The summed E-state index contributed by atoms with van der Waals surface area (Å²) in [5, 5.41) is 19.5. The number of nitrogens with two attached hydrogens (primary N) is 1. The van der Waals surface area contributed by atoms with E-state index in [1.54, 1.807) is 60.9 Å². The van der Waals surface area contributed by atoms with Crippen LogP contribution in [0.15, 0.2) is 91.5 Å². The topological polar surface area (TPSA) is 221 Å². The Bertz CT molecular complexity index is 2180.